The lowest BCUT2D eigenvalue weighted by Crippen LogP contribution is -2.37. The van der Waals surface area contributed by atoms with E-state index in [4.69, 9.17) is 4.74 Å². The van der Waals surface area contributed by atoms with E-state index in [1.165, 1.54) is 11.0 Å². The van der Waals surface area contributed by atoms with Gasteiger partial charge in [-0.05, 0) is 47.1 Å². The smallest absolute Gasteiger partial charge is 0.311 e. The molecule has 2 aromatic rings. The number of halogens is 1. The molecule has 0 radical (unpaired) electrons. The minimum Gasteiger partial charge on any atom is -0.466 e. The number of benzene rings is 2. The van der Waals surface area contributed by atoms with Crippen LogP contribution in [0, 0.1) is 0 Å². The molecule has 2 N–H and O–H groups in total. The molecular formula is C21H20BrN3O4. The minimum absolute atomic E-state index is 0.0646. The molecule has 3 rings (SSSR count). The molecule has 1 aliphatic heterocycles. The molecular weight excluding hydrogens is 438 g/mol. The normalized spacial score (nSPS) is 13.0. The van der Waals surface area contributed by atoms with Gasteiger partial charge in [-0.1, -0.05) is 24.3 Å². The van der Waals surface area contributed by atoms with E-state index >= 15 is 0 Å². The molecule has 7 nitrogen and oxygen atoms in total. The van der Waals surface area contributed by atoms with Gasteiger partial charge in [0.25, 0.3) is 5.91 Å². The summed E-state index contributed by atoms with van der Waals surface area (Å²) in [6.07, 6.45) is 1.26. The number of amides is 2. The van der Waals surface area contributed by atoms with Crippen molar-refractivity contribution in [3.05, 3.63) is 64.8 Å². The van der Waals surface area contributed by atoms with Crippen molar-refractivity contribution in [1.29, 1.82) is 0 Å². The molecule has 0 aromatic heterocycles. The number of rotatable bonds is 6. The second-order valence-electron chi connectivity index (χ2n) is 6.25. The van der Waals surface area contributed by atoms with E-state index < -0.39 is 11.9 Å². The molecule has 0 bridgehead atoms. The Morgan fingerprint density at radius 3 is 2.62 bits per heavy atom. The zero-order chi connectivity index (χ0) is 20.8. The van der Waals surface area contributed by atoms with Gasteiger partial charge in [0.05, 0.1) is 30.1 Å². The summed E-state index contributed by atoms with van der Waals surface area (Å²) in [6.45, 7) is 1.80. The third-order valence-corrected chi connectivity index (χ3v) is 4.84. The molecule has 2 amide bonds. The number of ether oxygens (including phenoxy) is 1. The number of fused-ring (bicyclic) bond motifs is 1. The van der Waals surface area contributed by atoms with E-state index in [-0.39, 0.29) is 25.5 Å². The lowest BCUT2D eigenvalue weighted by atomic mass is 10.2. The molecule has 0 fully saturated rings. The first-order valence-corrected chi connectivity index (χ1v) is 9.85. The summed E-state index contributed by atoms with van der Waals surface area (Å²) in [6, 6.07) is 14.3. The SMILES string of the molecule is CCOC(=O)CC1=CC(=O)N(CC(=O)Nc2ccccc2Br)c2ccccc2N1. The van der Waals surface area contributed by atoms with Gasteiger partial charge in [-0.3, -0.25) is 19.3 Å². The Morgan fingerprint density at radius 1 is 1.14 bits per heavy atom. The van der Waals surface area contributed by atoms with E-state index in [1.807, 2.05) is 18.2 Å². The first-order chi connectivity index (χ1) is 14.0. The minimum atomic E-state index is -0.434. The number of hydrogen-bond donors (Lipinski definition) is 2. The van der Waals surface area contributed by atoms with Crippen molar-refractivity contribution in [2.24, 2.45) is 0 Å². The van der Waals surface area contributed by atoms with Crippen LogP contribution in [0.2, 0.25) is 0 Å². The van der Waals surface area contributed by atoms with Crippen molar-refractivity contribution < 1.29 is 19.1 Å². The number of carbonyl (C=O) groups excluding carboxylic acids is 3. The summed E-state index contributed by atoms with van der Waals surface area (Å²) in [4.78, 5) is 38.7. The maximum Gasteiger partial charge on any atom is 0.311 e. The predicted molar refractivity (Wildman–Crippen MR) is 115 cm³/mol. The van der Waals surface area contributed by atoms with Crippen LogP contribution in [0.3, 0.4) is 0 Å². The maximum absolute atomic E-state index is 12.8. The number of nitrogens with zero attached hydrogens (tertiary/aromatic N) is 1. The number of carbonyl (C=O) groups is 3. The van der Waals surface area contributed by atoms with E-state index in [2.05, 4.69) is 26.6 Å². The van der Waals surface area contributed by atoms with Crippen LogP contribution in [0.4, 0.5) is 17.1 Å². The van der Waals surface area contributed by atoms with E-state index in [9.17, 15) is 14.4 Å². The van der Waals surface area contributed by atoms with Crippen LogP contribution in [-0.4, -0.2) is 30.9 Å². The van der Waals surface area contributed by atoms with Crippen molar-refractivity contribution in [3.8, 4) is 0 Å². The fourth-order valence-electron chi connectivity index (χ4n) is 2.89. The second kappa shape index (κ2) is 9.38. The third kappa shape index (κ3) is 5.23. The Labute approximate surface area is 176 Å². The molecule has 0 aliphatic carbocycles. The Morgan fingerprint density at radius 2 is 1.86 bits per heavy atom. The van der Waals surface area contributed by atoms with Gasteiger partial charge in [-0.2, -0.15) is 0 Å². The van der Waals surface area contributed by atoms with Gasteiger partial charge in [-0.15, -0.1) is 0 Å². The summed E-state index contributed by atoms with van der Waals surface area (Å²) >= 11 is 3.39. The molecule has 0 atom stereocenters. The Kier molecular flexibility index (Phi) is 6.66. The van der Waals surface area contributed by atoms with Gasteiger partial charge in [0.1, 0.15) is 6.54 Å². The largest absolute Gasteiger partial charge is 0.466 e. The van der Waals surface area contributed by atoms with Crippen molar-refractivity contribution >= 4 is 50.8 Å². The zero-order valence-electron chi connectivity index (χ0n) is 15.8. The fourth-order valence-corrected chi connectivity index (χ4v) is 3.28. The molecule has 0 unspecified atom stereocenters. The van der Waals surface area contributed by atoms with Crippen molar-refractivity contribution in [1.82, 2.24) is 0 Å². The Bertz CT molecular complexity index is 974. The second-order valence-corrected chi connectivity index (χ2v) is 7.10. The van der Waals surface area contributed by atoms with Crippen LogP contribution in [0.15, 0.2) is 64.8 Å². The van der Waals surface area contributed by atoms with E-state index in [1.54, 1.807) is 37.3 Å². The first kappa shape index (κ1) is 20.6. The van der Waals surface area contributed by atoms with Crippen molar-refractivity contribution in [3.63, 3.8) is 0 Å². The predicted octanol–water partition coefficient (Wildman–Crippen LogP) is 3.68. The number of esters is 1. The number of anilines is 3. The van der Waals surface area contributed by atoms with Gasteiger partial charge in [0.15, 0.2) is 0 Å². The van der Waals surface area contributed by atoms with Crippen LogP contribution in [0.5, 0.6) is 0 Å². The molecule has 1 heterocycles. The van der Waals surface area contributed by atoms with Crippen LogP contribution in [0.1, 0.15) is 13.3 Å². The van der Waals surface area contributed by atoms with Crippen LogP contribution >= 0.6 is 15.9 Å². The molecule has 29 heavy (non-hydrogen) atoms. The van der Waals surface area contributed by atoms with Gasteiger partial charge in [0, 0.05) is 16.2 Å². The van der Waals surface area contributed by atoms with Crippen LogP contribution in [-0.2, 0) is 19.1 Å². The summed E-state index contributed by atoms with van der Waals surface area (Å²) in [7, 11) is 0. The Balaban J connectivity index is 1.82. The lowest BCUT2D eigenvalue weighted by Gasteiger charge is -2.22. The highest BCUT2D eigenvalue weighted by Crippen LogP contribution is 2.30. The molecule has 1 aliphatic rings. The summed E-state index contributed by atoms with van der Waals surface area (Å²) in [5.74, 6) is -1.18. The highest BCUT2D eigenvalue weighted by atomic mass is 79.9. The molecule has 2 aromatic carbocycles. The molecule has 150 valence electrons. The van der Waals surface area contributed by atoms with Crippen molar-refractivity contribution in [2.45, 2.75) is 13.3 Å². The number of para-hydroxylation sites is 3. The Hall–Kier alpha value is -3.13. The quantitative estimate of drug-likeness (QED) is 0.645. The maximum atomic E-state index is 12.8. The van der Waals surface area contributed by atoms with E-state index in [0.29, 0.717) is 22.8 Å². The molecule has 8 heteroatoms. The average Bonchev–Trinajstić information content (AvgIpc) is 2.80. The average molecular weight is 458 g/mol. The van der Waals surface area contributed by atoms with Gasteiger partial charge in [-0.25, -0.2) is 0 Å². The standard InChI is InChI=1S/C21H20BrN3O4/c1-2-29-21(28)12-14-11-20(27)25(18-10-6-5-9-17(18)23-14)13-19(26)24-16-8-4-3-7-15(16)22/h3-11,23H,2,12-13H2,1H3,(H,24,26). The fraction of sp³-hybridized carbons (Fsp3) is 0.190. The summed E-state index contributed by atoms with van der Waals surface area (Å²) < 4.78 is 5.71. The van der Waals surface area contributed by atoms with Gasteiger partial charge in [0.2, 0.25) is 5.91 Å². The number of nitrogens with one attached hydrogen (secondary N) is 2. The summed E-state index contributed by atoms with van der Waals surface area (Å²) in [5.41, 5.74) is 2.21. The van der Waals surface area contributed by atoms with E-state index in [0.717, 1.165) is 4.47 Å². The van der Waals surface area contributed by atoms with Gasteiger partial charge >= 0.3 is 5.97 Å². The lowest BCUT2D eigenvalue weighted by molar-refractivity contribution is -0.142. The molecule has 0 saturated carbocycles. The monoisotopic (exact) mass is 457 g/mol. The molecule has 0 spiro atoms. The van der Waals surface area contributed by atoms with Gasteiger partial charge < -0.3 is 15.4 Å². The molecule has 0 saturated heterocycles. The topological polar surface area (TPSA) is 87.7 Å². The summed E-state index contributed by atoms with van der Waals surface area (Å²) in [5, 5.41) is 5.89. The first-order valence-electron chi connectivity index (χ1n) is 9.06. The third-order valence-electron chi connectivity index (χ3n) is 4.14. The van der Waals surface area contributed by atoms with Crippen LogP contribution < -0.4 is 15.5 Å². The zero-order valence-corrected chi connectivity index (χ0v) is 17.4. The van der Waals surface area contributed by atoms with Crippen LogP contribution in [0.25, 0.3) is 0 Å². The number of hydrogen-bond acceptors (Lipinski definition) is 5. The van der Waals surface area contributed by atoms with Crippen molar-refractivity contribution in [2.75, 3.05) is 28.7 Å². The highest BCUT2D eigenvalue weighted by molar-refractivity contribution is 9.10. The highest BCUT2D eigenvalue weighted by Gasteiger charge is 2.25.